The van der Waals surface area contributed by atoms with Crippen LogP contribution in [-0.4, -0.2) is 9.91 Å². The van der Waals surface area contributed by atoms with E-state index < -0.39 is 34.4 Å². The second kappa shape index (κ2) is 3.48. The third-order valence-electron chi connectivity index (χ3n) is 1.42. The molecule has 0 amide bonds. The number of nitrogens with zero attached hydrogens (tertiary/aromatic N) is 2. The van der Waals surface area contributed by atoms with E-state index in [1.807, 2.05) is 0 Å². The summed E-state index contributed by atoms with van der Waals surface area (Å²) in [5.74, 6) is -3.11. The number of nitrogen functional groups attached to an aromatic ring is 1. The number of hydrogen-bond donors (Lipinski definition) is 1. The summed E-state index contributed by atoms with van der Waals surface area (Å²) in [6.45, 7) is 0. The summed E-state index contributed by atoms with van der Waals surface area (Å²) in [6, 6.07) is 0.311. The van der Waals surface area contributed by atoms with Gasteiger partial charge in [-0.05, 0) is 16.0 Å². The van der Waals surface area contributed by atoms with Crippen molar-refractivity contribution in [3.8, 4) is 0 Å². The maximum Gasteiger partial charge on any atom is 0.374 e. The average molecular weight is 207 g/mol. The Morgan fingerprint density at radius 1 is 1.57 bits per heavy atom. The van der Waals surface area contributed by atoms with E-state index in [1.165, 1.54) is 0 Å². The molecule has 2 N–H and O–H groups in total. The van der Waals surface area contributed by atoms with Gasteiger partial charge in [0.2, 0.25) is 0 Å². The van der Waals surface area contributed by atoms with Gasteiger partial charge in [-0.3, -0.25) is 0 Å². The van der Waals surface area contributed by atoms with Crippen LogP contribution < -0.4 is 5.73 Å². The van der Waals surface area contributed by atoms with Gasteiger partial charge in [0, 0.05) is 0 Å². The molecule has 0 aliphatic carbocycles. The molecule has 1 heterocycles. The zero-order valence-electron chi connectivity index (χ0n) is 6.58. The summed E-state index contributed by atoms with van der Waals surface area (Å²) in [6.07, 6.45) is -3.17. The van der Waals surface area contributed by atoms with E-state index in [-0.39, 0.29) is 0 Å². The number of rotatable bonds is 2. The van der Waals surface area contributed by atoms with Gasteiger partial charge in [0.25, 0.3) is 12.2 Å². The summed E-state index contributed by atoms with van der Waals surface area (Å²) in [5.41, 5.74) is 3.81. The van der Waals surface area contributed by atoms with E-state index in [2.05, 4.69) is 4.98 Å². The molecule has 0 saturated heterocycles. The average Bonchev–Trinajstić information content (AvgIpc) is 2.08. The lowest BCUT2D eigenvalue weighted by molar-refractivity contribution is -0.390. The quantitative estimate of drug-likeness (QED) is 0.590. The van der Waals surface area contributed by atoms with Crippen molar-refractivity contribution >= 4 is 11.6 Å². The van der Waals surface area contributed by atoms with Crippen molar-refractivity contribution in [3.63, 3.8) is 0 Å². The van der Waals surface area contributed by atoms with Crippen molar-refractivity contribution in [1.82, 2.24) is 4.98 Å². The van der Waals surface area contributed by atoms with Crippen LogP contribution in [0.25, 0.3) is 0 Å². The van der Waals surface area contributed by atoms with Crippen molar-refractivity contribution in [2.75, 3.05) is 5.73 Å². The molecule has 0 spiro atoms. The number of nitro groups is 1. The Kier molecular flexibility index (Phi) is 2.54. The third-order valence-corrected chi connectivity index (χ3v) is 1.42. The molecule has 0 unspecified atom stereocenters. The monoisotopic (exact) mass is 207 g/mol. The SMILES string of the molecule is Nc1nc([N+](=O)[O-])c(C(F)F)cc1F. The number of halogens is 3. The van der Waals surface area contributed by atoms with Gasteiger partial charge < -0.3 is 15.8 Å². The first-order valence-electron chi connectivity index (χ1n) is 3.32. The van der Waals surface area contributed by atoms with Crippen molar-refractivity contribution in [3.05, 3.63) is 27.6 Å². The fraction of sp³-hybridized carbons (Fsp3) is 0.167. The molecule has 14 heavy (non-hydrogen) atoms. The molecule has 8 heteroatoms. The van der Waals surface area contributed by atoms with Crippen LogP contribution in [0.15, 0.2) is 6.07 Å². The molecular formula is C6H4F3N3O2. The summed E-state index contributed by atoms with van der Waals surface area (Å²) in [7, 11) is 0. The molecule has 0 saturated carbocycles. The predicted octanol–water partition coefficient (Wildman–Crippen LogP) is 1.65. The fourth-order valence-electron chi connectivity index (χ4n) is 0.814. The molecule has 0 aliphatic rings. The van der Waals surface area contributed by atoms with Crippen LogP contribution in [-0.2, 0) is 0 Å². The number of alkyl halides is 2. The largest absolute Gasteiger partial charge is 0.374 e. The van der Waals surface area contributed by atoms with E-state index in [9.17, 15) is 23.3 Å². The maximum atomic E-state index is 12.6. The molecule has 0 radical (unpaired) electrons. The lowest BCUT2D eigenvalue weighted by Crippen LogP contribution is -2.04. The molecule has 0 bridgehead atoms. The molecule has 76 valence electrons. The van der Waals surface area contributed by atoms with Crippen molar-refractivity contribution in [1.29, 1.82) is 0 Å². The summed E-state index contributed by atoms with van der Waals surface area (Å²) < 4.78 is 36.9. The Morgan fingerprint density at radius 2 is 2.14 bits per heavy atom. The number of pyridine rings is 1. The molecule has 0 atom stereocenters. The minimum atomic E-state index is -3.17. The Labute approximate surface area is 75.5 Å². The summed E-state index contributed by atoms with van der Waals surface area (Å²) >= 11 is 0. The van der Waals surface area contributed by atoms with Gasteiger partial charge in [0.05, 0.1) is 0 Å². The van der Waals surface area contributed by atoms with Gasteiger partial charge in [-0.2, -0.15) is 0 Å². The number of nitrogens with two attached hydrogens (primary N) is 1. The molecule has 5 nitrogen and oxygen atoms in total. The zero-order chi connectivity index (χ0) is 10.9. The predicted molar refractivity (Wildman–Crippen MR) is 40.2 cm³/mol. The van der Waals surface area contributed by atoms with E-state index in [1.54, 1.807) is 0 Å². The van der Waals surface area contributed by atoms with Crippen LogP contribution in [0, 0.1) is 15.9 Å². The topological polar surface area (TPSA) is 82.0 Å². The van der Waals surface area contributed by atoms with E-state index in [0.717, 1.165) is 0 Å². The van der Waals surface area contributed by atoms with Gasteiger partial charge in [-0.15, -0.1) is 0 Å². The first-order valence-corrected chi connectivity index (χ1v) is 3.32. The lowest BCUT2D eigenvalue weighted by Gasteiger charge is -2.01. The van der Waals surface area contributed by atoms with Gasteiger partial charge in [0.1, 0.15) is 5.56 Å². The zero-order valence-corrected chi connectivity index (χ0v) is 6.58. The molecule has 1 aromatic heterocycles. The summed E-state index contributed by atoms with van der Waals surface area (Å²) in [5, 5.41) is 10.2. The number of aromatic nitrogens is 1. The van der Waals surface area contributed by atoms with Crippen molar-refractivity contribution in [2.24, 2.45) is 0 Å². The molecule has 0 aliphatic heterocycles. The van der Waals surface area contributed by atoms with Gasteiger partial charge >= 0.3 is 5.82 Å². The van der Waals surface area contributed by atoms with Gasteiger partial charge in [0.15, 0.2) is 5.82 Å². The van der Waals surface area contributed by atoms with E-state index in [0.29, 0.717) is 6.07 Å². The number of anilines is 1. The Balaban J connectivity index is 3.39. The highest BCUT2D eigenvalue weighted by molar-refractivity contribution is 5.43. The Hall–Kier alpha value is -1.86. The second-order valence-electron chi connectivity index (χ2n) is 2.33. The highest BCUT2D eigenvalue weighted by Crippen LogP contribution is 2.29. The third kappa shape index (κ3) is 1.73. The first-order chi connectivity index (χ1) is 6.43. The Bertz CT molecular complexity index is 383. The molecule has 1 aromatic rings. The van der Waals surface area contributed by atoms with Crippen LogP contribution in [0.5, 0.6) is 0 Å². The minimum Gasteiger partial charge on any atom is -0.360 e. The van der Waals surface area contributed by atoms with Crippen LogP contribution >= 0.6 is 0 Å². The van der Waals surface area contributed by atoms with Crippen LogP contribution in [0.4, 0.5) is 24.8 Å². The van der Waals surface area contributed by atoms with Crippen LogP contribution in [0.2, 0.25) is 0 Å². The normalized spacial score (nSPS) is 10.6. The first kappa shape index (κ1) is 10.2. The highest BCUT2D eigenvalue weighted by atomic mass is 19.3. The standard InChI is InChI=1S/C6H4F3N3O2/c7-3-1-2(4(8)9)6(12(13)14)11-5(3)10/h1,4H,(H2,10,11). The van der Waals surface area contributed by atoms with E-state index in [4.69, 9.17) is 5.73 Å². The fourth-order valence-corrected chi connectivity index (χ4v) is 0.814. The van der Waals surface area contributed by atoms with E-state index >= 15 is 0 Å². The van der Waals surface area contributed by atoms with Crippen molar-refractivity contribution in [2.45, 2.75) is 6.43 Å². The Morgan fingerprint density at radius 3 is 2.57 bits per heavy atom. The van der Waals surface area contributed by atoms with Crippen molar-refractivity contribution < 1.29 is 18.1 Å². The van der Waals surface area contributed by atoms with Gasteiger partial charge in [-0.25, -0.2) is 13.2 Å². The molecule has 0 aromatic carbocycles. The molecule has 0 fully saturated rings. The highest BCUT2D eigenvalue weighted by Gasteiger charge is 2.26. The number of hydrogen-bond acceptors (Lipinski definition) is 4. The smallest absolute Gasteiger partial charge is 0.360 e. The minimum absolute atomic E-state index is 0.311. The summed E-state index contributed by atoms with van der Waals surface area (Å²) in [4.78, 5) is 12.0. The molecular weight excluding hydrogens is 203 g/mol. The second-order valence-corrected chi connectivity index (χ2v) is 2.33. The lowest BCUT2D eigenvalue weighted by atomic mass is 10.2. The molecule has 1 rings (SSSR count). The van der Waals surface area contributed by atoms with Crippen LogP contribution in [0.3, 0.4) is 0 Å². The van der Waals surface area contributed by atoms with Crippen LogP contribution in [0.1, 0.15) is 12.0 Å². The maximum absolute atomic E-state index is 12.6. The van der Waals surface area contributed by atoms with Gasteiger partial charge in [-0.1, -0.05) is 0 Å².